The number of carbonyl (C=O) groups excluding carboxylic acids is 1. The smallest absolute Gasteiger partial charge is 0.243 e. The van der Waals surface area contributed by atoms with Crippen LogP contribution in [0.25, 0.3) is 11.0 Å². The molecule has 2 aromatic heterocycles. The van der Waals surface area contributed by atoms with E-state index in [-0.39, 0.29) is 42.1 Å². The molecular weight excluding hydrogens is 566 g/mol. The number of furan rings is 1. The minimum absolute atomic E-state index is 0.0107. The summed E-state index contributed by atoms with van der Waals surface area (Å²) in [7, 11) is -4.67. The van der Waals surface area contributed by atoms with Crippen molar-refractivity contribution >= 4 is 36.9 Å². The Kier molecular flexibility index (Phi) is 10.4. The molecule has 0 saturated carbocycles. The topological polar surface area (TPSA) is 126 Å². The number of nitrogens with zero attached hydrogens (tertiary/aromatic N) is 5. The monoisotopic (exact) mass is 609 g/mol. The number of amides is 1. The largest absolute Gasteiger partial charge is 0.464 e. The number of aryl methyl sites for hydroxylation is 2. The number of benzene rings is 1. The Morgan fingerprint density at radius 1 is 1.02 bits per heavy atom. The van der Waals surface area contributed by atoms with Crippen LogP contribution in [0.15, 0.2) is 45.9 Å². The van der Waals surface area contributed by atoms with Crippen LogP contribution in [-0.4, -0.2) is 85.0 Å². The zero-order chi connectivity index (χ0) is 30.7. The molecule has 41 heavy (non-hydrogen) atoms. The lowest BCUT2D eigenvalue weighted by molar-refractivity contribution is -0.136. The highest BCUT2D eigenvalue weighted by molar-refractivity contribution is 7.89. The molecule has 2 heterocycles. The maximum absolute atomic E-state index is 14.1. The summed E-state index contributed by atoms with van der Waals surface area (Å²) in [6.07, 6.45) is 2.55. The normalized spacial score (nSPS) is 13.7. The van der Waals surface area contributed by atoms with E-state index in [4.69, 9.17) is 4.42 Å². The van der Waals surface area contributed by atoms with Crippen molar-refractivity contribution in [3.8, 4) is 0 Å². The second kappa shape index (κ2) is 13.1. The van der Waals surface area contributed by atoms with E-state index < -0.39 is 26.1 Å². The van der Waals surface area contributed by atoms with Gasteiger partial charge in [-0.2, -0.15) is 13.7 Å². The Morgan fingerprint density at radius 3 is 2.20 bits per heavy atom. The van der Waals surface area contributed by atoms with Crippen LogP contribution in [-0.2, 0) is 38.4 Å². The molecule has 0 saturated heterocycles. The van der Waals surface area contributed by atoms with Crippen LogP contribution in [0.2, 0.25) is 0 Å². The van der Waals surface area contributed by atoms with Crippen LogP contribution in [0.5, 0.6) is 0 Å². The molecule has 0 aliphatic carbocycles. The summed E-state index contributed by atoms with van der Waals surface area (Å²) in [5.41, 5.74) is 1.99. The first-order valence-electron chi connectivity index (χ1n) is 13.7. The van der Waals surface area contributed by atoms with E-state index in [1.165, 1.54) is 29.7 Å². The fourth-order valence-corrected chi connectivity index (χ4v) is 6.95. The van der Waals surface area contributed by atoms with E-state index in [0.29, 0.717) is 29.8 Å². The maximum atomic E-state index is 14.1. The highest BCUT2D eigenvalue weighted by Gasteiger charge is 2.37. The summed E-state index contributed by atoms with van der Waals surface area (Å²) in [5, 5.41) is 5.00. The highest BCUT2D eigenvalue weighted by Crippen LogP contribution is 2.25. The van der Waals surface area contributed by atoms with Crippen LogP contribution in [0.4, 0.5) is 0 Å². The fourth-order valence-electron chi connectivity index (χ4n) is 4.77. The van der Waals surface area contributed by atoms with Crippen molar-refractivity contribution in [3.05, 3.63) is 48.0 Å². The summed E-state index contributed by atoms with van der Waals surface area (Å²) in [6, 6.07) is 6.89. The number of hydrogen-bond donors (Lipinski definition) is 0. The molecule has 11 nitrogen and oxygen atoms in total. The number of carbonyl (C=O) groups is 1. The molecule has 0 bridgehead atoms. The summed E-state index contributed by atoms with van der Waals surface area (Å²) in [5.74, 6) is -0.0441. The van der Waals surface area contributed by atoms with Gasteiger partial charge in [0.15, 0.2) is 0 Å². The highest BCUT2D eigenvalue weighted by atomic mass is 32.2. The third-order valence-corrected chi connectivity index (χ3v) is 10.0. The number of rotatable bonds is 14. The maximum Gasteiger partial charge on any atom is 0.243 e. The van der Waals surface area contributed by atoms with E-state index >= 15 is 0 Å². The van der Waals surface area contributed by atoms with Gasteiger partial charge in [-0.3, -0.25) is 9.48 Å². The van der Waals surface area contributed by atoms with Gasteiger partial charge >= 0.3 is 0 Å². The molecule has 3 rings (SSSR count). The van der Waals surface area contributed by atoms with Crippen molar-refractivity contribution in [1.29, 1.82) is 0 Å². The molecule has 3 aromatic rings. The molecule has 1 atom stereocenters. The SMILES string of the molecule is Cc1cc(CN(CC[C@@H](C(=O)N(CC(C)C)CC(C)C)N(C)S(=O)(=O)c2ccc3occc3c2)S(C)(=O)=O)nn1C. The lowest BCUT2D eigenvalue weighted by atomic mass is 10.1. The van der Waals surface area contributed by atoms with Gasteiger partial charge in [0.05, 0.1) is 29.7 Å². The average Bonchev–Trinajstić information content (AvgIpc) is 3.46. The summed E-state index contributed by atoms with van der Waals surface area (Å²) in [6.45, 7) is 10.7. The van der Waals surface area contributed by atoms with Crippen molar-refractivity contribution in [2.75, 3.05) is 32.9 Å². The Labute approximate surface area is 244 Å². The lowest BCUT2D eigenvalue weighted by Gasteiger charge is -2.34. The van der Waals surface area contributed by atoms with E-state index in [9.17, 15) is 21.6 Å². The van der Waals surface area contributed by atoms with Gasteiger partial charge in [-0.15, -0.1) is 0 Å². The van der Waals surface area contributed by atoms with Crippen molar-refractivity contribution < 1.29 is 26.0 Å². The van der Waals surface area contributed by atoms with Gasteiger partial charge in [-0.05, 0) is 55.5 Å². The van der Waals surface area contributed by atoms with Crippen LogP contribution in [0, 0.1) is 18.8 Å². The van der Waals surface area contributed by atoms with Crippen LogP contribution in [0.1, 0.15) is 45.5 Å². The van der Waals surface area contributed by atoms with Gasteiger partial charge < -0.3 is 9.32 Å². The molecule has 1 aromatic carbocycles. The molecule has 0 radical (unpaired) electrons. The predicted octanol–water partition coefficient (Wildman–Crippen LogP) is 3.46. The van der Waals surface area contributed by atoms with Crippen LogP contribution >= 0.6 is 0 Å². The van der Waals surface area contributed by atoms with Gasteiger partial charge in [0.1, 0.15) is 11.6 Å². The second-order valence-electron chi connectivity index (χ2n) is 11.5. The molecule has 0 fully saturated rings. The number of aromatic nitrogens is 2. The summed E-state index contributed by atoms with van der Waals surface area (Å²) in [4.78, 5) is 15.8. The molecule has 0 N–H and O–H groups in total. The molecule has 0 unspecified atom stereocenters. The first kappa shape index (κ1) is 32.8. The van der Waals surface area contributed by atoms with Crippen LogP contribution < -0.4 is 0 Å². The lowest BCUT2D eigenvalue weighted by Crippen LogP contribution is -2.52. The molecule has 1 amide bonds. The molecule has 228 valence electrons. The van der Waals surface area contributed by atoms with Crippen molar-refractivity contribution in [1.82, 2.24) is 23.3 Å². The molecule has 0 spiro atoms. The Morgan fingerprint density at radius 2 is 1.66 bits per heavy atom. The van der Waals surface area contributed by atoms with Gasteiger partial charge in [0.25, 0.3) is 0 Å². The second-order valence-corrected chi connectivity index (χ2v) is 15.5. The molecule has 0 aliphatic rings. The van der Waals surface area contributed by atoms with Crippen LogP contribution in [0.3, 0.4) is 0 Å². The summed E-state index contributed by atoms with van der Waals surface area (Å²) >= 11 is 0. The predicted molar refractivity (Wildman–Crippen MR) is 159 cm³/mol. The van der Waals surface area contributed by atoms with E-state index in [1.54, 1.807) is 34.8 Å². The van der Waals surface area contributed by atoms with E-state index in [0.717, 1.165) is 16.3 Å². The molecule has 0 aliphatic heterocycles. The van der Waals surface area contributed by atoms with Crippen molar-refractivity contribution in [2.45, 2.75) is 58.5 Å². The minimum atomic E-state index is -4.13. The number of sulfonamides is 2. The van der Waals surface area contributed by atoms with Gasteiger partial charge in [-0.1, -0.05) is 27.7 Å². The Hall–Kier alpha value is -2.74. The minimum Gasteiger partial charge on any atom is -0.464 e. The van der Waals surface area contributed by atoms with Crippen molar-refractivity contribution in [2.24, 2.45) is 18.9 Å². The zero-order valence-corrected chi connectivity index (χ0v) is 26.9. The average molecular weight is 610 g/mol. The van der Waals surface area contributed by atoms with Gasteiger partial charge in [0.2, 0.25) is 26.0 Å². The van der Waals surface area contributed by atoms with Crippen molar-refractivity contribution in [3.63, 3.8) is 0 Å². The van der Waals surface area contributed by atoms with Gasteiger partial charge in [-0.25, -0.2) is 16.8 Å². The number of likely N-dealkylation sites (N-methyl/N-ethyl adjacent to an activating group) is 1. The molecule has 13 heteroatoms. The quantitative estimate of drug-likeness (QED) is 0.274. The standard InChI is InChI=1S/C28H43N5O6S2/c1-20(2)17-32(18-21(3)4)28(34)26(11-13-33(40(8,35)36)19-24-15-22(5)30(6)29-24)31(7)41(37,38)25-9-10-27-23(16-25)12-14-39-27/h9-10,12,14-16,20-21,26H,11,13,17-19H2,1-8H3/t26-/m0/s1. The van der Waals surface area contributed by atoms with E-state index in [2.05, 4.69) is 5.10 Å². The Bertz CT molecular complexity index is 1530. The van der Waals surface area contributed by atoms with Gasteiger partial charge in [0, 0.05) is 44.8 Å². The fraction of sp³-hybridized carbons (Fsp3) is 0.571. The zero-order valence-electron chi connectivity index (χ0n) is 25.2. The summed E-state index contributed by atoms with van der Waals surface area (Å²) < 4.78 is 62.6. The Balaban J connectivity index is 1.99. The third-order valence-electron chi connectivity index (χ3n) is 6.93. The van der Waals surface area contributed by atoms with E-state index in [1.807, 2.05) is 34.6 Å². The first-order chi connectivity index (χ1) is 19.0. The molecular formula is C28H43N5O6S2. The number of hydrogen-bond acceptors (Lipinski definition) is 7. The third kappa shape index (κ3) is 8.18. The first-order valence-corrected chi connectivity index (χ1v) is 17.0. The number of fused-ring (bicyclic) bond motifs is 1.